The molecule has 0 saturated heterocycles. The molecule has 0 radical (unpaired) electrons. The number of halogens is 1. The molecule has 0 aromatic heterocycles. The van der Waals surface area contributed by atoms with Crippen LogP contribution in [0.3, 0.4) is 0 Å². The van der Waals surface area contributed by atoms with Crippen LogP contribution in [0.4, 0.5) is 0 Å². The molecule has 0 aliphatic rings. The molecular weight excluding hydrogens is 390 g/mol. The molecule has 0 spiro atoms. The van der Waals surface area contributed by atoms with Crippen LogP contribution in [-0.2, 0) is 11.2 Å². The number of ketones is 1. The van der Waals surface area contributed by atoms with Gasteiger partial charge >= 0.3 is 5.97 Å². The van der Waals surface area contributed by atoms with E-state index in [1.54, 1.807) is 66.7 Å². The number of benzene rings is 3. The van der Waals surface area contributed by atoms with Crippen LogP contribution in [0, 0.1) is 0 Å². The molecule has 0 aliphatic carbocycles. The number of rotatable bonds is 7. The predicted octanol–water partition coefficient (Wildman–Crippen LogP) is 4.00. The lowest BCUT2D eigenvalue weighted by atomic mass is 9.99. The Hall–Kier alpha value is -3.44. The summed E-state index contributed by atoms with van der Waals surface area (Å²) in [5.74, 6) is -1.83. The van der Waals surface area contributed by atoms with Crippen LogP contribution in [0.2, 0.25) is 5.02 Å². The summed E-state index contributed by atoms with van der Waals surface area (Å²) in [6.45, 7) is 0. The molecule has 1 amide bonds. The fraction of sp³-hybridized carbons (Fsp3) is 0.0870. The minimum absolute atomic E-state index is 0.0747. The van der Waals surface area contributed by atoms with Crippen molar-refractivity contribution in [2.75, 3.05) is 0 Å². The lowest BCUT2D eigenvalue weighted by Crippen LogP contribution is -2.42. The summed E-state index contributed by atoms with van der Waals surface area (Å²) in [5, 5.41) is 12.2. The maximum atomic E-state index is 12.5. The van der Waals surface area contributed by atoms with Gasteiger partial charge in [-0.05, 0) is 17.7 Å². The van der Waals surface area contributed by atoms with E-state index < -0.39 is 17.9 Å². The van der Waals surface area contributed by atoms with E-state index >= 15 is 0 Å². The highest BCUT2D eigenvalue weighted by atomic mass is 35.5. The highest BCUT2D eigenvalue weighted by Gasteiger charge is 2.22. The molecular formula is C23H18ClNO4. The van der Waals surface area contributed by atoms with Crippen molar-refractivity contribution in [2.45, 2.75) is 12.5 Å². The average molecular weight is 408 g/mol. The molecule has 29 heavy (non-hydrogen) atoms. The van der Waals surface area contributed by atoms with Gasteiger partial charge in [0, 0.05) is 17.5 Å². The molecule has 3 rings (SSSR count). The Kier molecular flexibility index (Phi) is 6.42. The lowest BCUT2D eigenvalue weighted by Gasteiger charge is -2.15. The summed E-state index contributed by atoms with van der Waals surface area (Å²) < 4.78 is 0. The van der Waals surface area contributed by atoms with Crippen molar-refractivity contribution < 1.29 is 19.5 Å². The maximum Gasteiger partial charge on any atom is 0.326 e. The Morgan fingerprint density at radius 2 is 1.41 bits per heavy atom. The zero-order chi connectivity index (χ0) is 20.8. The van der Waals surface area contributed by atoms with Crippen LogP contribution >= 0.6 is 11.6 Å². The Morgan fingerprint density at radius 1 is 0.828 bits per heavy atom. The van der Waals surface area contributed by atoms with Gasteiger partial charge in [-0.3, -0.25) is 9.59 Å². The Labute approximate surface area is 173 Å². The number of amides is 1. The Morgan fingerprint density at radius 3 is 2.03 bits per heavy atom. The third-order valence-electron chi connectivity index (χ3n) is 4.41. The molecule has 0 fully saturated rings. The molecule has 2 N–H and O–H groups in total. The summed E-state index contributed by atoms with van der Waals surface area (Å²) in [5.41, 5.74) is 1.98. The van der Waals surface area contributed by atoms with Gasteiger partial charge in [0.25, 0.3) is 5.91 Å². The predicted molar refractivity (Wildman–Crippen MR) is 110 cm³/mol. The molecule has 1 atom stereocenters. The van der Waals surface area contributed by atoms with Gasteiger partial charge in [-0.1, -0.05) is 78.3 Å². The second kappa shape index (κ2) is 9.17. The summed E-state index contributed by atoms with van der Waals surface area (Å²) in [6.07, 6.45) is 0.0747. The van der Waals surface area contributed by atoms with E-state index in [2.05, 4.69) is 5.32 Å². The standard InChI is InChI=1S/C23H18ClNO4/c24-19-9-5-4-8-18(19)22(27)25-20(23(28)29)14-15-10-12-17(13-11-15)21(26)16-6-2-1-3-7-16/h1-13,20H,14H2,(H,25,27)(H,28,29)/t20-/m0/s1. The van der Waals surface area contributed by atoms with E-state index in [9.17, 15) is 19.5 Å². The van der Waals surface area contributed by atoms with Crippen molar-refractivity contribution in [3.63, 3.8) is 0 Å². The number of hydrogen-bond donors (Lipinski definition) is 2. The number of carbonyl (C=O) groups excluding carboxylic acids is 2. The highest BCUT2D eigenvalue weighted by molar-refractivity contribution is 6.33. The first-order chi connectivity index (χ1) is 14.0. The fourth-order valence-electron chi connectivity index (χ4n) is 2.87. The van der Waals surface area contributed by atoms with Gasteiger partial charge in [0.05, 0.1) is 10.6 Å². The smallest absolute Gasteiger partial charge is 0.326 e. The number of carboxylic acids is 1. The quantitative estimate of drug-likeness (QED) is 0.580. The van der Waals surface area contributed by atoms with Crippen LogP contribution < -0.4 is 5.32 Å². The summed E-state index contributed by atoms with van der Waals surface area (Å²) >= 11 is 6.00. The van der Waals surface area contributed by atoms with E-state index in [0.717, 1.165) is 0 Å². The second-order valence-electron chi connectivity index (χ2n) is 6.44. The van der Waals surface area contributed by atoms with Crippen LogP contribution in [0.1, 0.15) is 31.8 Å². The highest BCUT2D eigenvalue weighted by Crippen LogP contribution is 2.16. The average Bonchev–Trinajstić information content (AvgIpc) is 2.74. The summed E-state index contributed by atoms with van der Waals surface area (Å²) in [6, 6.07) is 20.9. The van der Waals surface area contributed by atoms with E-state index in [4.69, 9.17) is 11.6 Å². The number of aliphatic carboxylic acids is 1. The number of carboxylic acid groups (broad SMARTS) is 1. The zero-order valence-corrected chi connectivity index (χ0v) is 16.1. The third kappa shape index (κ3) is 5.09. The van der Waals surface area contributed by atoms with Crippen LogP contribution in [0.5, 0.6) is 0 Å². The maximum absolute atomic E-state index is 12.5. The monoisotopic (exact) mass is 407 g/mol. The zero-order valence-electron chi connectivity index (χ0n) is 15.3. The molecule has 146 valence electrons. The molecule has 0 saturated carbocycles. The number of nitrogens with one attached hydrogen (secondary N) is 1. The fourth-order valence-corrected chi connectivity index (χ4v) is 3.09. The van der Waals surface area contributed by atoms with Crippen LogP contribution in [-0.4, -0.2) is 28.8 Å². The van der Waals surface area contributed by atoms with Gasteiger partial charge in [0.2, 0.25) is 0 Å². The number of carbonyl (C=O) groups is 3. The Balaban J connectivity index is 1.71. The molecule has 0 bridgehead atoms. The van der Waals surface area contributed by atoms with Gasteiger partial charge < -0.3 is 10.4 Å². The molecule has 0 unspecified atom stereocenters. The minimum atomic E-state index is -1.16. The van der Waals surface area contributed by atoms with E-state index in [1.165, 1.54) is 6.07 Å². The van der Waals surface area contributed by atoms with Gasteiger partial charge in [-0.15, -0.1) is 0 Å². The SMILES string of the molecule is O=C(c1ccccc1)c1ccc(C[C@H](NC(=O)c2ccccc2Cl)C(=O)O)cc1. The van der Waals surface area contributed by atoms with Crippen molar-refractivity contribution in [3.05, 3.63) is 106 Å². The first-order valence-electron chi connectivity index (χ1n) is 8.92. The number of hydrogen-bond acceptors (Lipinski definition) is 3. The van der Waals surface area contributed by atoms with Crippen molar-refractivity contribution in [1.82, 2.24) is 5.32 Å². The van der Waals surface area contributed by atoms with Crippen molar-refractivity contribution in [1.29, 1.82) is 0 Å². The Bertz CT molecular complexity index is 1030. The van der Waals surface area contributed by atoms with Crippen molar-refractivity contribution in [2.24, 2.45) is 0 Å². The molecule has 6 heteroatoms. The molecule has 5 nitrogen and oxygen atoms in total. The van der Waals surface area contributed by atoms with E-state index in [-0.39, 0.29) is 22.8 Å². The molecule has 0 aliphatic heterocycles. The first kappa shape index (κ1) is 20.3. The normalized spacial score (nSPS) is 11.5. The summed E-state index contributed by atoms with van der Waals surface area (Å²) in [4.78, 5) is 36.4. The summed E-state index contributed by atoms with van der Waals surface area (Å²) in [7, 11) is 0. The van der Waals surface area contributed by atoms with Crippen molar-refractivity contribution in [3.8, 4) is 0 Å². The van der Waals surface area contributed by atoms with E-state index in [1.807, 2.05) is 6.07 Å². The van der Waals surface area contributed by atoms with Gasteiger partial charge in [0.1, 0.15) is 6.04 Å². The largest absolute Gasteiger partial charge is 0.480 e. The minimum Gasteiger partial charge on any atom is -0.480 e. The van der Waals surface area contributed by atoms with Crippen molar-refractivity contribution >= 4 is 29.3 Å². The molecule has 3 aromatic carbocycles. The third-order valence-corrected chi connectivity index (χ3v) is 4.74. The van der Waals surface area contributed by atoms with Crippen LogP contribution in [0.15, 0.2) is 78.9 Å². The molecule has 0 heterocycles. The second-order valence-corrected chi connectivity index (χ2v) is 6.85. The van der Waals surface area contributed by atoms with Gasteiger partial charge in [0.15, 0.2) is 5.78 Å². The first-order valence-corrected chi connectivity index (χ1v) is 9.30. The van der Waals surface area contributed by atoms with E-state index in [0.29, 0.717) is 16.7 Å². The van der Waals surface area contributed by atoms with Crippen LogP contribution in [0.25, 0.3) is 0 Å². The van der Waals surface area contributed by atoms with Gasteiger partial charge in [-0.25, -0.2) is 4.79 Å². The van der Waals surface area contributed by atoms with Gasteiger partial charge in [-0.2, -0.15) is 0 Å². The topological polar surface area (TPSA) is 83.5 Å². The lowest BCUT2D eigenvalue weighted by molar-refractivity contribution is -0.139. The molecule has 3 aromatic rings.